The van der Waals surface area contributed by atoms with Gasteiger partial charge in [-0.1, -0.05) is 54.6 Å². The number of nitrogens with one attached hydrogen (secondary N) is 3. The molecule has 0 aromatic heterocycles. The van der Waals surface area contributed by atoms with Gasteiger partial charge in [0.15, 0.2) is 0 Å². The van der Waals surface area contributed by atoms with Gasteiger partial charge in [0.2, 0.25) is 0 Å². The Balaban J connectivity index is 1.46. The number of ether oxygens (including phenoxy) is 2. The monoisotopic (exact) mass is 597 g/mol. The van der Waals surface area contributed by atoms with E-state index in [4.69, 9.17) is 9.47 Å². The van der Waals surface area contributed by atoms with Crippen molar-refractivity contribution >= 4 is 43.3 Å². The molecule has 1 amide bonds. The minimum Gasteiger partial charge on any atom is -0.507 e. The number of phenolic OH excluding ortho intramolecular Hbond substituents is 1. The second-order valence-electron chi connectivity index (χ2n) is 10.4. The summed E-state index contributed by atoms with van der Waals surface area (Å²) in [7, 11) is -2.51. The summed E-state index contributed by atoms with van der Waals surface area (Å²) in [6.45, 7) is 1.35. The number of aromatic hydroxyl groups is 1. The minimum absolute atomic E-state index is 0.0506. The van der Waals surface area contributed by atoms with Crippen LogP contribution in [0.3, 0.4) is 0 Å². The summed E-state index contributed by atoms with van der Waals surface area (Å²) in [5.41, 5.74) is 1.03. The zero-order chi connectivity index (χ0) is 30.0. The maximum absolute atomic E-state index is 13.5. The number of methoxy groups -OCH3 is 1. The van der Waals surface area contributed by atoms with Gasteiger partial charge >= 0.3 is 6.09 Å². The maximum atomic E-state index is 13.5. The number of rotatable bonds is 8. The third-order valence-corrected chi connectivity index (χ3v) is 9.03. The highest BCUT2D eigenvalue weighted by atomic mass is 32.2. The van der Waals surface area contributed by atoms with Gasteiger partial charge in [-0.05, 0) is 66.6 Å². The van der Waals surface area contributed by atoms with Crippen LogP contribution >= 0.6 is 0 Å². The first-order valence-electron chi connectivity index (χ1n) is 14.0. The SMILES string of the molecule is COc1ccc(S(=O)(=O)Nc2cc(-c3c(OC(=O)NCC4CCCN4)ccc4ccccc34)c(O)c3ccccc23)cc1. The van der Waals surface area contributed by atoms with E-state index in [-0.39, 0.29) is 28.1 Å². The molecule has 4 N–H and O–H groups in total. The average Bonchev–Trinajstić information content (AvgIpc) is 3.55. The first-order valence-corrected chi connectivity index (χ1v) is 15.4. The zero-order valence-electron chi connectivity index (χ0n) is 23.5. The van der Waals surface area contributed by atoms with Crippen molar-refractivity contribution in [3.63, 3.8) is 0 Å². The molecule has 0 bridgehead atoms. The number of amides is 1. The quantitative estimate of drug-likeness (QED) is 0.161. The van der Waals surface area contributed by atoms with Crippen molar-refractivity contribution in [2.45, 2.75) is 23.8 Å². The summed E-state index contributed by atoms with van der Waals surface area (Å²) >= 11 is 0. The highest BCUT2D eigenvalue weighted by Crippen LogP contribution is 2.46. The fourth-order valence-electron chi connectivity index (χ4n) is 5.48. The summed E-state index contributed by atoms with van der Waals surface area (Å²) < 4.78 is 40.7. The van der Waals surface area contributed by atoms with Crippen LogP contribution in [0.2, 0.25) is 0 Å². The Kier molecular flexibility index (Phi) is 7.79. The van der Waals surface area contributed by atoms with Crippen LogP contribution in [0.5, 0.6) is 17.2 Å². The minimum atomic E-state index is -4.02. The first-order chi connectivity index (χ1) is 20.8. The van der Waals surface area contributed by atoms with E-state index in [1.807, 2.05) is 30.3 Å². The number of carbonyl (C=O) groups excluding carboxylic acids is 1. The first kappa shape index (κ1) is 28.3. The molecule has 0 aliphatic carbocycles. The van der Waals surface area contributed by atoms with Crippen LogP contribution in [0.25, 0.3) is 32.7 Å². The molecular weight excluding hydrogens is 566 g/mol. The van der Waals surface area contributed by atoms with E-state index in [1.165, 1.54) is 19.2 Å². The van der Waals surface area contributed by atoms with Gasteiger partial charge in [0, 0.05) is 34.5 Å². The summed E-state index contributed by atoms with van der Waals surface area (Å²) in [6, 6.07) is 25.9. The Morgan fingerprint density at radius 3 is 2.40 bits per heavy atom. The molecule has 10 heteroatoms. The molecule has 1 fully saturated rings. The predicted octanol–water partition coefficient (Wildman–Crippen LogP) is 6.02. The Bertz CT molecular complexity index is 1920. The number of hydrogen-bond donors (Lipinski definition) is 4. The van der Waals surface area contributed by atoms with Gasteiger partial charge < -0.3 is 25.2 Å². The maximum Gasteiger partial charge on any atom is 0.412 e. The van der Waals surface area contributed by atoms with Crippen LogP contribution < -0.4 is 24.8 Å². The molecule has 220 valence electrons. The number of anilines is 1. The van der Waals surface area contributed by atoms with Crippen molar-refractivity contribution in [2.75, 3.05) is 24.9 Å². The molecule has 1 aliphatic rings. The van der Waals surface area contributed by atoms with Gasteiger partial charge in [-0.15, -0.1) is 0 Å². The van der Waals surface area contributed by atoms with Crippen molar-refractivity contribution in [1.82, 2.24) is 10.6 Å². The molecule has 6 rings (SSSR count). The lowest BCUT2D eigenvalue weighted by Crippen LogP contribution is -2.38. The van der Waals surface area contributed by atoms with E-state index in [2.05, 4.69) is 15.4 Å². The predicted molar refractivity (Wildman–Crippen MR) is 167 cm³/mol. The molecule has 5 aromatic rings. The number of carbonyl (C=O) groups is 1. The lowest BCUT2D eigenvalue weighted by Gasteiger charge is -2.19. The molecule has 5 aromatic carbocycles. The van der Waals surface area contributed by atoms with E-state index in [1.54, 1.807) is 48.5 Å². The zero-order valence-corrected chi connectivity index (χ0v) is 24.3. The molecule has 43 heavy (non-hydrogen) atoms. The average molecular weight is 598 g/mol. The van der Waals surface area contributed by atoms with Gasteiger partial charge in [-0.3, -0.25) is 4.72 Å². The van der Waals surface area contributed by atoms with E-state index < -0.39 is 16.1 Å². The standard InChI is InChI=1S/C33H31N3O6S/c1-41-23-13-15-24(16-14-23)43(39,40)36-29-19-28(32(37)27-11-5-4-10-26(27)29)31-25-9-3-2-7-21(25)12-17-30(31)42-33(38)35-20-22-8-6-18-34-22/h2-5,7,9-17,19,22,34,36-37H,6,8,18,20H2,1H3,(H,35,38). The molecule has 0 radical (unpaired) electrons. The largest absolute Gasteiger partial charge is 0.507 e. The van der Waals surface area contributed by atoms with Crippen LogP contribution in [0.4, 0.5) is 10.5 Å². The normalized spacial score (nSPS) is 15.0. The number of sulfonamides is 1. The van der Waals surface area contributed by atoms with Crippen LogP contribution in [0.15, 0.2) is 95.9 Å². The Labute approximate surface area is 249 Å². The fourth-order valence-corrected chi connectivity index (χ4v) is 6.55. The van der Waals surface area contributed by atoms with Gasteiger partial charge in [-0.25, -0.2) is 13.2 Å². The molecule has 1 atom stereocenters. The lowest BCUT2D eigenvalue weighted by molar-refractivity contribution is 0.199. The van der Waals surface area contributed by atoms with Crippen LogP contribution in [0.1, 0.15) is 12.8 Å². The van der Waals surface area contributed by atoms with Crippen molar-refractivity contribution in [3.8, 4) is 28.4 Å². The number of hydrogen-bond acceptors (Lipinski definition) is 7. The van der Waals surface area contributed by atoms with Crippen molar-refractivity contribution in [3.05, 3.63) is 91.0 Å². The summed E-state index contributed by atoms with van der Waals surface area (Å²) in [4.78, 5) is 13.0. The van der Waals surface area contributed by atoms with Crippen molar-refractivity contribution in [1.29, 1.82) is 0 Å². The molecule has 1 heterocycles. The van der Waals surface area contributed by atoms with E-state index in [0.29, 0.717) is 34.2 Å². The highest BCUT2D eigenvalue weighted by molar-refractivity contribution is 7.92. The molecule has 0 saturated carbocycles. The van der Waals surface area contributed by atoms with Gasteiger partial charge in [0.05, 0.1) is 17.7 Å². The summed E-state index contributed by atoms with van der Waals surface area (Å²) in [5, 5.41) is 20.3. The Morgan fingerprint density at radius 1 is 0.953 bits per heavy atom. The Hall–Kier alpha value is -4.80. The van der Waals surface area contributed by atoms with E-state index >= 15 is 0 Å². The van der Waals surface area contributed by atoms with Crippen molar-refractivity contribution < 1.29 is 27.8 Å². The van der Waals surface area contributed by atoms with Crippen LogP contribution in [-0.4, -0.2) is 45.9 Å². The number of fused-ring (bicyclic) bond motifs is 2. The van der Waals surface area contributed by atoms with Crippen LogP contribution in [-0.2, 0) is 10.0 Å². The summed E-state index contributed by atoms with van der Waals surface area (Å²) in [5.74, 6) is 0.688. The summed E-state index contributed by atoms with van der Waals surface area (Å²) in [6.07, 6.45) is 1.41. The van der Waals surface area contributed by atoms with E-state index in [9.17, 15) is 18.3 Å². The molecule has 9 nitrogen and oxygen atoms in total. The topological polar surface area (TPSA) is 126 Å². The van der Waals surface area contributed by atoms with Gasteiger partial charge in [0.1, 0.15) is 17.2 Å². The second kappa shape index (κ2) is 11.8. The third kappa shape index (κ3) is 5.79. The van der Waals surface area contributed by atoms with Gasteiger partial charge in [0.25, 0.3) is 10.0 Å². The Morgan fingerprint density at radius 2 is 1.67 bits per heavy atom. The van der Waals surface area contributed by atoms with Crippen LogP contribution in [0, 0.1) is 0 Å². The number of benzene rings is 5. The van der Waals surface area contributed by atoms with Gasteiger partial charge in [-0.2, -0.15) is 0 Å². The number of phenols is 1. The lowest BCUT2D eigenvalue weighted by atomic mass is 9.93. The molecule has 0 spiro atoms. The second-order valence-corrected chi connectivity index (χ2v) is 12.1. The van der Waals surface area contributed by atoms with E-state index in [0.717, 1.165) is 30.2 Å². The third-order valence-electron chi connectivity index (χ3n) is 7.65. The van der Waals surface area contributed by atoms with Crippen molar-refractivity contribution in [2.24, 2.45) is 0 Å². The smallest absolute Gasteiger partial charge is 0.412 e. The molecule has 1 saturated heterocycles. The fraction of sp³-hybridized carbons (Fsp3) is 0.182. The molecular formula is C33H31N3O6S. The molecule has 1 aliphatic heterocycles. The highest BCUT2D eigenvalue weighted by Gasteiger charge is 2.23. The molecule has 1 unspecified atom stereocenters.